The molecule has 0 amide bonds. The second-order valence-electron chi connectivity index (χ2n) is 3.66. The van der Waals surface area contributed by atoms with Crippen LogP contribution in [0.5, 0.6) is 0 Å². The zero-order valence-corrected chi connectivity index (χ0v) is 11.4. The maximum absolute atomic E-state index is 12.0. The van der Waals surface area contributed by atoms with Crippen molar-refractivity contribution in [3.63, 3.8) is 0 Å². The van der Waals surface area contributed by atoms with Crippen LogP contribution in [-0.4, -0.2) is 29.5 Å². The van der Waals surface area contributed by atoms with Crippen LogP contribution >= 0.6 is 11.6 Å². The quantitative estimate of drug-likeness (QED) is 0.887. The van der Waals surface area contributed by atoms with Crippen LogP contribution in [0.25, 0.3) is 0 Å². The average Bonchev–Trinajstić information content (AvgIpc) is 2.38. The van der Waals surface area contributed by atoms with Gasteiger partial charge >= 0.3 is 5.97 Å². The molecule has 2 aromatic heterocycles. The van der Waals surface area contributed by atoms with Crippen molar-refractivity contribution in [2.45, 2.75) is 5.03 Å². The molecule has 2 rings (SSSR count). The van der Waals surface area contributed by atoms with E-state index in [1.807, 2.05) is 0 Å². The molecule has 0 saturated heterocycles. The Bertz CT molecular complexity index is 747. The number of sulfonamides is 1. The van der Waals surface area contributed by atoms with Gasteiger partial charge in [0.25, 0.3) is 10.0 Å². The number of pyridine rings is 2. The van der Waals surface area contributed by atoms with Gasteiger partial charge in [-0.1, -0.05) is 11.6 Å². The molecule has 0 aliphatic heterocycles. The number of carboxylic acids is 1. The fraction of sp³-hybridized carbons (Fsp3) is 0. The lowest BCUT2D eigenvalue weighted by Gasteiger charge is -2.06. The first kappa shape index (κ1) is 14.2. The van der Waals surface area contributed by atoms with Gasteiger partial charge in [-0.3, -0.25) is 4.72 Å². The van der Waals surface area contributed by atoms with E-state index >= 15 is 0 Å². The van der Waals surface area contributed by atoms with Gasteiger partial charge in [-0.25, -0.2) is 14.8 Å². The number of halogens is 1. The van der Waals surface area contributed by atoms with E-state index in [1.165, 1.54) is 18.3 Å². The van der Waals surface area contributed by atoms with Crippen molar-refractivity contribution >= 4 is 33.4 Å². The Hall–Kier alpha value is -2.19. The first-order valence-corrected chi connectivity index (χ1v) is 7.08. The van der Waals surface area contributed by atoms with Crippen molar-refractivity contribution < 1.29 is 18.3 Å². The van der Waals surface area contributed by atoms with Crippen LogP contribution in [0, 0.1) is 0 Å². The van der Waals surface area contributed by atoms with E-state index in [1.54, 1.807) is 0 Å². The van der Waals surface area contributed by atoms with E-state index in [0.29, 0.717) is 5.02 Å². The zero-order chi connectivity index (χ0) is 14.8. The van der Waals surface area contributed by atoms with E-state index in [4.69, 9.17) is 16.7 Å². The molecule has 2 heterocycles. The summed E-state index contributed by atoms with van der Waals surface area (Å²) in [6.45, 7) is 0. The fourth-order valence-corrected chi connectivity index (χ4v) is 2.41. The molecule has 20 heavy (non-hydrogen) atoms. The maximum atomic E-state index is 12.0. The van der Waals surface area contributed by atoms with Gasteiger partial charge in [0.05, 0.1) is 5.56 Å². The monoisotopic (exact) mass is 313 g/mol. The minimum Gasteiger partial charge on any atom is -0.478 e. The smallest absolute Gasteiger partial charge is 0.337 e. The number of rotatable bonds is 4. The molecular formula is C11H8ClN3O4S. The number of hydrogen-bond donors (Lipinski definition) is 2. The standard InChI is InChI=1S/C11H8ClN3O4S/c12-8-3-4-13-9(5-8)15-20(18,19)10-2-1-7(6-14-10)11(16)17/h1-6H,(H,13,15)(H,16,17). The summed E-state index contributed by atoms with van der Waals surface area (Å²) in [6, 6.07) is 5.08. The second-order valence-corrected chi connectivity index (χ2v) is 5.72. The van der Waals surface area contributed by atoms with E-state index < -0.39 is 16.0 Å². The van der Waals surface area contributed by atoms with Crippen LogP contribution in [0.4, 0.5) is 5.82 Å². The summed E-state index contributed by atoms with van der Waals surface area (Å²) < 4.78 is 26.2. The molecule has 0 aromatic carbocycles. The second kappa shape index (κ2) is 5.43. The summed E-state index contributed by atoms with van der Waals surface area (Å²) >= 11 is 5.72. The zero-order valence-electron chi connectivity index (χ0n) is 9.82. The predicted octanol–water partition coefficient (Wildman–Crippen LogP) is 1.63. The Kier molecular flexibility index (Phi) is 3.86. The molecule has 2 N–H and O–H groups in total. The molecule has 2 aromatic rings. The normalized spacial score (nSPS) is 11.1. The summed E-state index contributed by atoms with van der Waals surface area (Å²) in [5, 5.41) is 8.72. The Morgan fingerprint density at radius 1 is 1.25 bits per heavy atom. The molecule has 0 bridgehead atoms. The van der Waals surface area contributed by atoms with Crippen LogP contribution in [-0.2, 0) is 10.0 Å². The topological polar surface area (TPSA) is 109 Å². The van der Waals surface area contributed by atoms with Gasteiger partial charge in [0.1, 0.15) is 5.82 Å². The summed E-state index contributed by atoms with van der Waals surface area (Å²) in [5.41, 5.74) is -0.107. The fourth-order valence-electron chi connectivity index (χ4n) is 1.32. The molecule has 0 fully saturated rings. The molecule has 9 heteroatoms. The number of anilines is 1. The highest BCUT2D eigenvalue weighted by Crippen LogP contribution is 2.16. The molecule has 0 radical (unpaired) electrons. The molecule has 0 unspecified atom stereocenters. The first-order valence-electron chi connectivity index (χ1n) is 5.22. The molecule has 0 aliphatic rings. The largest absolute Gasteiger partial charge is 0.478 e. The van der Waals surface area contributed by atoms with Crippen molar-refractivity contribution in [3.05, 3.63) is 47.2 Å². The van der Waals surface area contributed by atoms with Crippen molar-refractivity contribution in [2.24, 2.45) is 0 Å². The summed E-state index contributed by atoms with van der Waals surface area (Å²) in [7, 11) is -3.95. The summed E-state index contributed by atoms with van der Waals surface area (Å²) in [6.07, 6.45) is 2.31. The van der Waals surface area contributed by atoms with E-state index in [0.717, 1.165) is 18.3 Å². The Morgan fingerprint density at radius 2 is 2.00 bits per heavy atom. The molecule has 0 aliphatic carbocycles. The van der Waals surface area contributed by atoms with E-state index in [-0.39, 0.29) is 16.4 Å². The van der Waals surface area contributed by atoms with Crippen LogP contribution in [0.15, 0.2) is 41.7 Å². The van der Waals surface area contributed by atoms with Crippen LogP contribution < -0.4 is 4.72 Å². The van der Waals surface area contributed by atoms with Gasteiger partial charge in [-0.05, 0) is 18.2 Å². The first-order chi connectivity index (χ1) is 9.38. The lowest BCUT2D eigenvalue weighted by molar-refractivity contribution is 0.0696. The number of aromatic nitrogens is 2. The van der Waals surface area contributed by atoms with Gasteiger partial charge in [-0.2, -0.15) is 8.42 Å². The predicted molar refractivity (Wildman–Crippen MR) is 71.3 cm³/mol. The van der Waals surface area contributed by atoms with E-state index in [2.05, 4.69) is 14.7 Å². The van der Waals surface area contributed by atoms with Gasteiger partial charge in [-0.15, -0.1) is 0 Å². The number of carboxylic acid groups (broad SMARTS) is 1. The van der Waals surface area contributed by atoms with Crippen molar-refractivity contribution in [2.75, 3.05) is 4.72 Å². The maximum Gasteiger partial charge on any atom is 0.337 e. The Balaban J connectivity index is 2.28. The third-order valence-corrected chi connectivity index (χ3v) is 3.72. The number of nitrogens with zero attached hydrogens (tertiary/aromatic N) is 2. The number of hydrogen-bond acceptors (Lipinski definition) is 5. The van der Waals surface area contributed by atoms with Gasteiger partial charge < -0.3 is 5.11 Å². The third kappa shape index (κ3) is 3.22. The van der Waals surface area contributed by atoms with Crippen LogP contribution in [0.1, 0.15) is 10.4 Å². The number of carbonyl (C=O) groups is 1. The molecular weight excluding hydrogens is 306 g/mol. The number of aromatic carboxylic acids is 1. The highest BCUT2D eigenvalue weighted by molar-refractivity contribution is 7.92. The highest BCUT2D eigenvalue weighted by Gasteiger charge is 2.17. The summed E-state index contributed by atoms with van der Waals surface area (Å²) in [4.78, 5) is 18.1. The third-order valence-electron chi connectivity index (χ3n) is 2.22. The Labute approximate surface area is 119 Å². The average molecular weight is 314 g/mol. The minimum absolute atomic E-state index is 0.0432. The van der Waals surface area contributed by atoms with Crippen molar-refractivity contribution in [3.8, 4) is 0 Å². The lowest BCUT2D eigenvalue weighted by atomic mass is 10.3. The molecule has 104 valence electrons. The number of nitrogens with one attached hydrogen (secondary N) is 1. The molecule has 0 spiro atoms. The molecule has 0 atom stereocenters. The molecule has 0 saturated carbocycles. The Morgan fingerprint density at radius 3 is 2.55 bits per heavy atom. The minimum atomic E-state index is -3.95. The summed E-state index contributed by atoms with van der Waals surface area (Å²) in [5.74, 6) is -1.15. The van der Waals surface area contributed by atoms with Crippen molar-refractivity contribution in [1.82, 2.24) is 9.97 Å². The van der Waals surface area contributed by atoms with E-state index in [9.17, 15) is 13.2 Å². The van der Waals surface area contributed by atoms with Crippen LogP contribution in [0.3, 0.4) is 0 Å². The molecule has 7 nitrogen and oxygen atoms in total. The van der Waals surface area contributed by atoms with Crippen LogP contribution in [0.2, 0.25) is 5.02 Å². The lowest BCUT2D eigenvalue weighted by Crippen LogP contribution is -2.15. The van der Waals surface area contributed by atoms with Crippen molar-refractivity contribution in [1.29, 1.82) is 0 Å². The van der Waals surface area contributed by atoms with Gasteiger partial charge in [0.2, 0.25) is 0 Å². The SMILES string of the molecule is O=C(O)c1ccc(S(=O)(=O)Nc2cc(Cl)ccn2)nc1. The van der Waals surface area contributed by atoms with Gasteiger partial charge in [0.15, 0.2) is 5.03 Å². The van der Waals surface area contributed by atoms with Gasteiger partial charge in [0, 0.05) is 23.5 Å². The highest BCUT2D eigenvalue weighted by atomic mass is 35.5.